The summed E-state index contributed by atoms with van der Waals surface area (Å²) in [7, 11) is 1.52. The first-order chi connectivity index (χ1) is 14.7. The summed E-state index contributed by atoms with van der Waals surface area (Å²) in [5.74, 6) is -0.0666. The van der Waals surface area contributed by atoms with E-state index in [1.54, 1.807) is 41.8 Å². The Labute approximate surface area is 181 Å². The molecule has 6 heteroatoms. The number of benzene rings is 2. The number of ether oxygens (including phenoxy) is 1. The maximum absolute atomic E-state index is 14.6. The van der Waals surface area contributed by atoms with Gasteiger partial charge in [0.15, 0.2) is 5.43 Å². The summed E-state index contributed by atoms with van der Waals surface area (Å²) in [6.07, 6.45) is 1.76. The van der Waals surface area contributed by atoms with Crippen LogP contribution in [0.25, 0.3) is 16.7 Å². The minimum absolute atomic E-state index is 0.0579. The van der Waals surface area contributed by atoms with Crippen molar-refractivity contribution in [3.63, 3.8) is 0 Å². The van der Waals surface area contributed by atoms with Crippen molar-refractivity contribution in [3.05, 3.63) is 81.4 Å². The van der Waals surface area contributed by atoms with Gasteiger partial charge >= 0.3 is 0 Å². The van der Waals surface area contributed by atoms with Crippen LogP contribution in [0.4, 0.5) is 4.39 Å². The molecule has 1 heterocycles. The normalized spacial score (nSPS) is 12.4. The van der Waals surface area contributed by atoms with Gasteiger partial charge in [-0.1, -0.05) is 38.6 Å². The lowest BCUT2D eigenvalue weighted by Gasteiger charge is -2.25. The minimum Gasteiger partial charge on any atom is -0.508 e. The summed E-state index contributed by atoms with van der Waals surface area (Å²) < 4.78 is 22.0. The number of methoxy groups -OCH3 is 1. The molecule has 0 aliphatic rings. The maximum Gasteiger partial charge on any atom is 0.200 e. The molecule has 0 bridgehead atoms. The van der Waals surface area contributed by atoms with E-state index in [0.29, 0.717) is 33.3 Å². The van der Waals surface area contributed by atoms with Gasteiger partial charge in [0.2, 0.25) is 0 Å². The Morgan fingerprint density at radius 3 is 2.55 bits per heavy atom. The largest absolute Gasteiger partial charge is 0.508 e. The Hall–Kier alpha value is -3.12. The SMILES string of the molecule is C=C(O)c1cn(C(CO)C(C)C)c2cc(OC)c(Cc3cccc(C)c3F)cc2c1=O. The quantitative estimate of drug-likeness (QED) is 0.535. The minimum atomic E-state index is -0.382. The van der Waals surface area contributed by atoms with Crippen LogP contribution in [0.5, 0.6) is 5.75 Å². The molecule has 1 aromatic heterocycles. The van der Waals surface area contributed by atoms with Crippen molar-refractivity contribution in [2.45, 2.75) is 33.2 Å². The van der Waals surface area contributed by atoms with Gasteiger partial charge in [0.1, 0.15) is 17.3 Å². The second-order valence-corrected chi connectivity index (χ2v) is 8.13. The van der Waals surface area contributed by atoms with Crippen LogP contribution in [-0.4, -0.2) is 28.5 Å². The van der Waals surface area contributed by atoms with E-state index < -0.39 is 0 Å². The van der Waals surface area contributed by atoms with Crippen LogP contribution in [0.2, 0.25) is 0 Å². The number of aliphatic hydroxyl groups excluding tert-OH is 2. The molecule has 0 spiro atoms. The average Bonchev–Trinajstić information content (AvgIpc) is 2.72. The zero-order chi connectivity index (χ0) is 22.9. The third-order valence-corrected chi connectivity index (χ3v) is 5.71. The molecule has 0 saturated carbocycles. The number of rotatable bonds is 7. The molecule has 0 amide bonds. The molecule has 164 valence electrons. The molecular formula is C25H28FNO4. The van der Waals surface area contributed by atoms with Crippen molar-refractivity contribution in [2.24, 2.45) is 5.92 Å². The molecule has 31 heavy (non-hydrogen) atoms. The molecule has 2 N–H and O–H groups in total. The average molecular weight is 426 g/mol. The molecule has 3 rings (SSSR count). The molecule has 5 nitrogen and oxygen atoms in total. The molecule has 1 unspecified atom stereocenters. The highest BCUT2D eigenvalue weighted by atomic mass is 19.1. The molecule has 0 saturated heterocycles. The number of fused-ring (bicyclic) bond motifs is 1. The summed E-state index contributed by atoms with van der Waals surface area (Å²) in [5.41, 5.74) is 1.93. The third-order valence-electron chi connectivity index (χ3n) is 5.71. The smallest absolute Gasteiger partial charge is 0.200 e. The molecule has 0 aliphatic carbocycles. The lowest BCUT2D eigenvalue weighted by molar-refractivity contribution is 0.195. The van der Waals surface area contributed by atoms with Crippen LogP contribution >= 0.6 is 0 Å². The van der Waals surface area contributed by atoms with Gasteiger partial charge in [0, 0.05) is 24.1 Å². The highest BCUT2D eigenvalue weighted by molar-refractivity contribution is 5.84. The van der Waals surface area contributed by atoms with E-state index in [2.05, 4.69) is 6.58 Å². The van der Waals surface area contributed by atoms with Gasteiger partial charge in [-0.15, -0.1) is 0 Å². The monoisotopic (exact) mass is 425 g/mol. The number of nitrogens with zero attached hydrogens (tertiary/aromatic N) is 1. The van der Waals surface area contributed by atoms with Gasteiger partial charge in [-0.3, -0.25) is 4.79 Å². The number of halogens is 1. The first-order valence-electron chi connectivity index (χ1n) is 10.2. The highest BCUT2D eigenvalue weighted by Crippen LogP contribution is 2.31. The molecule has 0 fully saturated rings. The van der Waals surface area contributed by atoms with Gasteiger partial charge in [0.25, 0.3) is 0 Å². The zero-order valence-electron chi connectivity index (χ0n) is 18.3. The van der Waals surface area contributed by atoms with Crippen LogP contribution in [0.3, 0.4) is 0 Å². The highest BCUT2D eigenvalue weighted by Gasteiger charge is 2.21. The lowest BCUT2D eigenvalue weighted by Crippen LogP contribution is -2.23. The van der Waals surface area contributed by atoms with Crippen molar-refractivity contribution in [3.8, 4) is 5.75 Å². The van der Waals surface area contributed by atoms with Gasteiger partial charge < -0.3 is 19.5 Å². The number of aromatic nitrogens is 1. The van der Waals surface area contributed by atoms with Crippen molar-refractivity contribution >= 4 is 16.7 Å². The molecule has 0 aliphatic heterocycles. The molecule has 3 aromatic rings. The fraction of sp³-hybridized carbons (Fsp3) is 0.320. The molecule has 2 aromatic carbocycles. The van der Waals surface area contributed by atoms with E-state index in [1.165, 1.54) is 13.3 Å². The Balaban J connectivity index is 2.32. The Morgan fingerprint density at radius 2 is 1.97 bits per heavy atom. The first kappa shape index (κ1) is 22.6. The van der Waals surface area contributed by atoms with E-state index in [9.17, 15) is 19.4 Å². The number of pyridine rings is 1. The number of aliphatic hydroxyl groups is 2. The van der Waals surface area contributed by atoms with Gasteiger partial charge in [-0.25, -0.2) is 4.39 Å². The maximum atomic E-state index is 14.6. The van der Waals surface area contributed by atoms with E-state index in [1.807, 2.05) is 13.8 Å². The Bertz CT molecular complexity index is 1200. The summed E-state index contributed by atoms with van der Waals surface area (Å²) in [5, 5.41) is 20.3. The van der Waals surface area contributed by atoms with E-state index in [-0.39, 0.29) is 47.6 Å². The van der Waals surface area contributed by atoms with Crippen LogP contribution in [0, 0.1) is 18.7 Å². The predicted octanol–water partition coefficient (Wildman–Crippen LogP) is 4.77. The summed E-state index contributed by atoms with van der Waals surface area (Å²) in [4.78, 5) is 13.1. The van der Waals surface area contributed by atoms with E-state index >= 15 is 0 Å². The summed E-state index contributed by atoms with van der Waals surface area (Å²) in [6, 6.07) is 8.28. The lowest BCUT2D eigenvalue weighted by atomic mass is 9.97. The van der Waals surface area contributed by atoms with Crippen LogP contribution in [0.1, 0.15) is 42.1 Å². The van der Waals surface area contributed by atoms with Crippen molar-refractivity contribution < 1.29 is 19.3 Å². The second kappa shape index (κ2) is 8.94. The number of hydrogen-bond donors (Lipinski definition) is 2. The standard InChI is InChI=1S/C25H28FNO4/c1-14(2)22(13-28)27-12-20(16(4)29)25(30)19-10-18(23(31-5)11-21(19)27)9-17-8-6-7-15(3)24(17)26/h6-8,10-12,14,22,28-29H,4,9,13H2,1-3,5H3. The van der Waals surface area contributed by atoms with Crippen LogP contribution in [-0.2, 0) is 6.42 Å². The molecular weight excluding hydrogens is 397 g/mol. The van der Waals surface area contributed by atoms with E-state index in [0.717, 1.165) is 0 Å². The van der Waals surface area contributed by atoms with Gasteiger partial charge in [-0.2, -0.15) is 0 Å². The van der Waals surface area contributed by atoms with Crippen molar-refractivity contribution in [1.29, 1.82) is 0 Å². The van der Waals surface area contributed by atoms with E-state index in [4.69, 9.17) is 4.74 Å². The number of aryl methyl sites for hydroxylation is 1. The van der Waals surface area contributed by atoms with Crippen molar-refractivity contribution in [2.75, 3.05) is 13.7 Å². The van der Waals surface area contributed by atoms with Crippen molar-refractivity contribution in [1.82, 2.24) is 4.57 Å². The fourth-order valence-corrected chi connectivity index (χ4v) is 3.90. The molecule has 0 radical (unpaired) electrons. The Morgan fingerprint density at radius 1 is 1.26 bits per heavy atom. The zero-order valence-corrected chi connectivity index (χ0v) is 18.3. The van der Waals surface area contributed by atoms with Gasteiger partial charge in [-0.05, 0) is 35.6 Å². The Kier molecular flexibility index (Phi) is 6.51. The number of hydrogen-bond acceptors (Lipinski definition) is 4. The van der Waals surface area contributed by atoms with Crippen LogP contribution < -0.4 is 10.2 Å². The van der Waals surface area contributed by atoms with Gasteiger partial charge in [0.05, 0.1) is 30.8 Å². The second-order valence-electron chi connectivity index (χ2n) is 8.13. The predicted molar refractivity (Wildman–Crippen MR) is 121 cm³/mol. The summed E-state index contributed by atoms with van der Waals surface area (Å²) in [6.45, 7) is 9.00. The fourth-order valence-electron chi connectivity index (χ4n) is 3.90. The summed E-state index contributed by atoms with van der Waals surface area (Å²) >= 11 is 0. The topological polar surface area (TPSA) is 71.7 Å². The molecule has 1 atom stereocenters. The third kappa shape index (κ3) is 4.21. The van der Waals surface area contributed by atoms with Crippen LogP contribution in [0.15, 0.2) is 47.9 Å². The first-order valence-corrected chi connectivity index (χ1v) is 10.2.